The zero-order valence-corrected chi connectivity index (χ0v) is 10.8. The standard InChI is InChI=1S/C12H18N4S/c1-16-5-3-9(8-16)6-15-11-7-14-4-2-10(11)12(13)17/h2,4,7,9,15H,3,5-6,8H2,1H3,(H2,13,17). The Morgan fingerprint density at radius 1 is 1.71 bits per heavy atom. The largest absolute Gasteiger partial charge is 0.389 e. The van der Waals surface area contributed by atoms with Crippen LogP contribution in [0.25, 0.3) is 0 Å². The van der Waals surface area contributed by atoms with Crippen LogP contribution in [0.15, 0.2) is 18.5 Å². The lowest BCUT2D eigenvalue weighted by Crippen LogP contribution is -2.20. The average molecular weight is 250 g/mol. The summed E-state index contributed by atoms with van der Waals surface area (Å²) < 4.78 is 0. The maximum absolute atomic E-state index is 5.68. The van der Waals surface area contributed by atoms with Crippen molar-refractivity contribution in [2.75, 3.05) is 32.0 Å². The molecule has 0 amide bonds. The smallest absolute Gasteiger partial charge is 0.106 e. The molecule has 1 aromatic rings. The first-order valence-corrected chi connectivity index (χ1v) is 6.24. The van der Waals surface area contributed by atoms with Gasteiger partial charge in [-0.25, -0.2) is 0 Å². The summed E-state index contributed by atoms with van der Waals surface area (Å²) in [4.78, 5) is 6.87. The number of rotatable bonds is 4. The quantitative estimate of drug-likeness (QED) is 0.783. The topological polar surface area (TPSA) is 54.2 Å². The summed E-state index contributed by atoms with van der Waals surface area (Å²) in [5, 5.41) is 3.40. The van der Waals surface area contributed by atoms with Crippen LogP contribution in [0, 0.1) is 5.92 Å². The molecule has 92 valence electrons. The summed E-state index contributed by atoms with van der Waals surface area (Å²) in [6.45, 7) is 3.28. The summed E-state index contributed by atoms with van der Waals surface area (Å²) in [7, 11) is 2.16. The molecular weight excluding hydrogens is 232 g/mol. The maximum Gasteiger partial charge on any atom is 0.106 e. The minimum atomic E-state index is 0.415. The van der Waals surface area contributed by atoms with E-state index in [-0.39, 0.29) is 0 Å². The van der Waals surface area contributed by atoms with Gasteiger partial charge in [-0.05, 0) is 32.0 Å². The third-order valence-corrected chi connectivity index (χ3v) is 3.38. The van der Waals surface area contributed by atoms with Gasteiger partial charge in [0.2, 0.25) is 0 Å². The van der Waals surface area contributed by atoms with E-state index in [1.54, 1.807) is 12.4 Å². The fourth-order valence-corrected chi connectivity index (χ4v) is 2.38. The monoisotopic (exact) mass is 250 g/mol. The van der Waals surface area contributed by atoms with Crippen molar-refractivity contribution in [1.29, 1.82) is 0 Å². The van der Waals surface area contributed by atoms with Crippen LogP contribution in [0.3, 0.4) is 0 Å². The molecule has 1 aliphatic heterocycles. The number of thiocarbonyl (C=S) groups is 1. The summed E-state index contributed by atoms with van der Waals surface area (Å²) in [5.41, 5.74) is 7.49. The highest BCUT2D eigenvalue weighted by atomic mass is 32.1. The van der Waals surface area contributed by atoms with Gasteiger partial charge in [0, 0.05) is 24.8 Å². The molecule has 1 aliphatic rings. The van der Waals surface area contributed by atoms with Crippen LogP contribution in [0.4, 0.5) is 5.69 Å². The lowest BCUT2D eigenvalue weighted by molar-refractivity contribution is 0.399. The number of aromatic nitrogens is 1. The maximum atomic E-state index is 5.68. The molecule has 0 spiro atoms. The van der Waals surface area contributed by atoms with Crippen molar-refractivity contribution in [1.82, 2.24) is 9.88 Å². The van der Waals surface area contributed by atoms with Crippen molar-refractivity contribution in [3.05, 3.63) is 24.0 Å². The first-order chi connectivity index (χ1) is 8.16. The summed E-state index contributed by atoms with van der Waals surface area (Å²) >= 11 is 5.02. The van der Waals surface area contributed by atoms with Gasteiger partial charge in [0.05, 0.1) is 11.9 Å². The van der Waals surface area contributed by atoms with Crippen molar-refractivity contribution in [2.45, 2.75) is 6.42 Å². The number of nitrogens with zero attached hydrogens (tertiary/aromatic N) is 2. The Labute approximate surface area is 107 Å². The van der Waals surface area contributed by atoms with E-state index < -0.39 is 0 Å². The average Bonchev–Trinajstić information content (AvgIpc) is 2.73. The van der Waals surface area contributed by atoms with Crippen molar-refractivity contribution in [3.8, 4) is 0 Å². The third kappa shape index (κ3) is 3.14. The Kier molecular flexibility index (Phi) is 3.91. The molecule has 0 aliphatic carbocycles. The Bertz CT molecular complexity index is 407. The Hall–Kier alpha value is -1.20. The fourth-order valence-electron chi connectivity index (χ4n) is 2.20. The van der Waals surface area contributed by atoms with Crippen molar-refractivity contribution >= 4 is 22.9 Å². The lowest BCUT2D eigenvalue weighted by atomic mass is 10.1. The molecule has 4 nitrogen and oxygen atoms in total. The zero-order valence-electron chi connectivity index (χ0n) is 10.0. The van der Waals surface area contributed by atoms with Gasteiger partial charge in [-0.2, -0.15) is 0 Å². The minimum absolute atomic E-state index is 0.415. The lowest BCUT2D eigenvalue weighted by Gasteiger charge is -2.14. The number of anilines is 1. The van der Waals surface area contributed by atoms with Crippen molar-refractivity contribution in [3.63, 3.8) is 0 Å². The van der Waals surface area contributed by atoms with Gasteiger partial charge in [0.1, 0.15) is 4.99 Å². The normalized spacial score (nSPS) is 20.4. The summed E-state index contributed by atoms with van der Waals surface area (Å²) in [6, 6.07) is 1.85. The molecule has 1 unspecified atom stereocenters. The number of likely N-dealkylation sites (tertiary alicyclic amines) is 1. The third-order valence-electron chi connectivity index (χ3n) is 3.16. The molecule has 5 heteroatoms. The first kappa shape index (κ1) is 12.3. The molecular formula is C12H18N4S. The number of hydrogen-bond acceptors (Lipinski definition) is 4. The van der Waals surface area contributed by atoms with Gasteiger partial charge >= 0.3 is 0 Å². The van der Waals surface area contributed by atoms with Gasteiger partial charge < -0.3 is 16.0 Å². The molecule has 0 saturated carbocycles. The molecule has 0 radical (unpaired) electrons. The van der Waals surface area contributed by atoms with E-state index in [1.807, 2.05) is 6.07 Å². The van der Waals surface area contributed by atoms with E-state index >= 15 is 0 Å². The second-order valence-electron chi connectivity index (χ2n) is 4.58. The zero-order chi connectivity index (χ0) is 12.3. The summed E-state index contributed by atoms with van der Waals surface area (Å²) in [6.07, 6.45) is 4.74. The van der Waals surface area contributed by atoms with Gasteiger partial charge in [-0.15, -0.1) is 0 Å². The van der Waals surface area contributed by atoms with Crippen molar-refractivity contribution in [2.24, 2.45) is 11.7 Å². The molecule has 3 N–H and O–H groups in total. The predicted molar refractivity (Wildman–Crippen MR) is 74.2 cm³/mol. The van der Waals surface area contributed by atoms with E-state index in [2.05, 4.69) is 22.2 Å². The number of hydrogen-bond donors (Lipinski definition) is 2. The summed E-state index contributed by atoms with van der Waals surface area (Å²) in [5.74, 6) is 0.694. The highest BCUT2D eigenvalue weighted by molar-refractivity contribution is 7.80. The number of nitrogens with two attached hydrogens (primary N) is 1. The number of nitrogens with one attached hydrogen (secondary N) is 1. The van der Waals surface area contributed by atoms with Gasteiger partial charge in [0.25, 0.3) is 0 Å². The fraction of sp³-hybridized carbons (Fsp3) is 0.500. The van der Waals surface area contributed by atoms with Crippen LogP contribution < -0.4 is 11.1 Å². The minimum Gasteiger partial charge on any atom is -0.389 e. The Morgan fingerprint density at radius 3 is 3.18 bits per heavy atom. The van der Waals surface area contributed by atoms with Crippen LogP contribution in [-0.2, 0) is 0 Å². The molecule has 2 heterocycles. The van der Waals surface area contributed by atoms with E-state index in [0.29, 0.717) is 10.9 Å². The van der Waals surface area contributed by atoms with Crippen LogP contribution in [-0.4, -0.2) is 41.6 Å². The molecule has 0 aromatic carbocycles. The molecule has 2 rings (SSSR count). The van der Waals surface area contributed by atoms with E-state index in [1.165, 1.54) is 13.0 Å². The van der Waals surface area contributed by atoms with Gasteiger partial charge in [-0.3, -0.25) is 4.98 Å². The second kappa shape index (κ2) is 5.42. The van der Waals surface area contributed by atoms with Crippen LogP contribution in [0.1, 0.15) is 12.0 Å². The predicted octanol–water partition coefficient (Wildman–Crippen LogP) is 1.08. The molecule has 1 aromatic heterocycles. The highest BCUT2D eigenvalue weighted by Gasteiger charge is 2.19. The molecule has 17 heavy (non-hydrogen) atoms. The first-order valence-electron chi connectivity index (χ1n) is 5.83. The van der Waals surface area contributed by atoms with Crippen LogP contribution >= 0.6 is 12.2 Å². The SMILES string of the molecule is CN1CCC(CNc2cnccc2C(N)=S)C1. The Morgan fingerprint density at radius 2 is 2.53 bits per heavy atom. The van der Waals surface area contributed by atoms with E-state index in [0.717, 1.165) is 24.3 Å². The second-order valence-corrected chi connectivity index (χ2v) is 5.02. The van der Waals surface area contributed by atoms with E-state index in [9.17, 15) is 0 Å². The molecule has 1 saturated heterocycles. The molecule has 0 bridgehead atoms. The molecule has 1 fully saturated rings. The van der Waals surface area contributed by atoms with Gasteiger partial charge in [-0.1, -0.05) is 12.2 Å². The van der Waals surface area contributed by atoms with E-state index in [4.69, 9.17) is 18.0 Å². The number of pyridine rings is 1. The van der Waals surface area contributed by atoms with Crippen LogP contribution in [0.2, 0.25) is 0 Å². The van der Waals surface area contributed by atoms with Gasteiger partial charge in [0.15, 0.2) is 0 Å². The molecule has 1 atom stereocenters. The van der Waals surface area contributed by atoms with Crippen molar-refractivity contribution < 1.29 is 0 Å². The van der Waals surface area contributed by atoms with Crippen LogP contribution in [0.5, 0.6) is 0 Å². The highest BCUT2D eigenvalue weighted by Crippen LogP contribution is 2.17. The Balaban J connectivity index is 1.97.